The first kappa shape index (κ1) is 15.1. The van der Waals surface area contributed by atoms with Gasteiger partial charge in [0.15, 0.2) is 6.10 Å². The first-order valence-corrected chi connectivity index (χ1v) is 7.81. The minimum atomic E-state index is -0.399. The van der Waals surface area contributed by atoms with Gasteiger partial charge < -0.3 is 9.15 Å². The van der Waals surface area contributed by atoms with Gasteiger partial charge in [-0.05, 0) is 37.3 Å². The molecule has 0 spiro atoms. The number of benzene rings is 2. The Balaban J connectivity index is 1.78. The van der Waals surface area contributed by atoms with Gasteiger partial charge in [0.2, 0.25) is 5.89 Å². The highest BCUT2D eigenvalue weighted by atomic mass is 79.9. The average Bonchev–Trinajstić information content (AvgIpc) is 3.01. The Morgan fingerprint density at radius 1 is 1.14 bits per heavy atom. The third kappa shape index (κ3) is 3.31. The van der Waals surface area contributed by atoms with E-state index in [0.29, 0.717) is 22.6 Å². The lowest BCUT2D eigenvalue weighted by Gasteiger charge is -2.12. The van der Waals surface area contributed by atoms with Crippen molar-refractivity contribution in [2.45, 2.75) is 13.0 Å². The van der Waals surface area contributed by atoms with E-state index in [0.717, 1.165) is 10.0 Å². The average molecular weight is 380 g/mol. The molecule has 0 radical (unpaired) electrons. The number of rotatable bonds is 4. The van der Waals surface area contributed by atoms with Crippen molar-refractivity contribution in [3.05, 3.63) is 63.9 Å². The molecule has 0 N–H and O–H groups in total. The molecule has 0 unspecified atom stereocenters. The van der Waals surface area contributed by atoms with Crippen LogP contribution in [0, 0.1) is 0 Å². The first-order chi connectivity index (χ1) is 10.6. The molecule has 2 aromatic carbocycles. The van der Waals surface area contributed by atoms with Gasteiger partial charge in [-0.15, -0.1) is 10.2 Å². The topological polar surface area (TPSA) is 48.2 Å². The molecule has 112 valence electrons. The fourth-order valence-corrected chi connectivity index (χ4v) is 2.63. The summed E-state index contributed by atoms with van der Waals surface area (Å²) in [5.41, 5.74) is 0.870. The molecule has 0 aliphatic carbocycles. The summed E-state index contributed by atoms with van der Waals surface area (Å²) >= 11 is 9.50. The fraction of sp³-hybridized carbons (Fsp3) is 0.125. The van der Waals surface area contributed by atoms with Crippen LogP contribution in [0.4, 0.5) is 0 Å². The lowest BCUT2D eigenvalue weighted by Crippen LogP contribution is -2.03. The summed E-state index contributed by atoms with van der Waals surface area (Å²) in [6.45, 7) is 1.83. The van der Waals surface area contributed by atoms with Crippen molar-refractivity contribution in [1.82, 2.24) is 10.2 Å². The van der Waals surface area contributed by atoms with Crippen LogP contribution in [0.25, 0.3) is 11.5 Å². The van der Waals surface area contributed by atoms with Crippen molar-refractivity contribution in [1.29, 1.82) is 0 Å². The molecule has 1 heterocycles. The van der Waals surface area contributed by atoms with Crippen LogP contribution < -0.4 is 4.74 Å². The maximum absolute atomic E-state index is 6.14. The molecule has 22 heavy (non-hydrogen) atoms. The zero-order valence-electron chi connectivity index (χ0n) is 11.7. The normalized spacial score (nSPS) is 12.1. The number of halogens is 2. The molecule has 6 heteroatoms. The van der Waals surface area contributed by atoms with E-state index >= 15 is 0 Å². The fourth-order valence-electron chi connectivity index (χ4n) is 1.91. The second-order valence-corrected chi connectivity index (χ2v) is 5.97. The predicted molar refractivity (Wildman–Crippen MR) is 87.9 cm³/mol. The van der Waals surface area contributed by atoms with Crippen molar-refractivity contribution in [3.8, 4) is 17.2 Å². The monoisotopic (exact) mass is 378 g/mol. The van der Waals surface area contributed by atoms with Gasteiger partial charge in [0.1, 0.15) is 5.75 Å². The summed E-state index contributed by atoms with van der Waals surface area (Å²) in [4.78, 5) is 0. The molecule has 4 nitrogen and oxygen atoms in total. The van der Waals surface area contributed by atoms with Crippen LogP contribution in [0.5, 0.6) is 5.75 Å². The van der Waals surface area contributed by atoms with Crippen LogP contribution >= 0.6 is 27.5 Å². The van der Waals surface area contributed by atoms with E-state index in [9.17, 15) is 0 Å². The van der Waals surface area contributed by atoms with Crippen molar-refractivity contribution in [3.63, 3.8) is 0 Å². The first-order valence-electron chi connectivity index (χ1n) is 6.64. The van der Waals surface area contributed by atoms with E-state index in [4.69, 9.17) is 20.8 Å². The van der Waals surface area contributed by atoms with Gasteiger partial charge in [-0.1, -0.05) is 45.7 Å². The minimum Gasteiger partial charge on any atom is -0.479 e. The van der Waals surface area contributed by atoms with E-state index < -0.39 is 6.10 Å². The van der Waals surface area contributed by atoms with Gasteiger partial charge in [0.05, 0.1) is 5.02 Å². The highest BCUT2D eigenvalue weighted by Crippen LogP contribution is 2.31. The molecular weight excluding hydrogens is 368 g/mol. The van der Waals surface area contributed by atoms with Crippen molar-refractivity contribution in [2.24, 2.45) is 0 Å². The summed E-state index contributed by atoms with van der Waals surface area (Å²) in [5, 5.41) is 8.61. The molecule has 1 aromatic heterocycles. The Bertz CT molecular complexity index is 777. The molecule has 0 amide bonds. The van der Waals surface area contributed by atoms with Crippen LogP contribution in [0.1, 0.15) is 18.9 Å². The van der Waals surface area contributed by atoms with Gasteiger partial charge in [0, 0.05) is 10.0 Å². The van der Waals surface area contributed by atoms with Crippen molar-refractivity contribution >= 4 is 27.5 Å². The van der Waals surface area contributed by atoms with Gasteiger partial charge in [0.25, 0.3) is 5.89 Å². The third-order valence-corrected chi connectivity index (χ3v) is 3.80. The lowest BCUT2D eigenvalue weighted by molar-refractivity contribution is 0.190. The summed E-state index contributed by atoms with van der Waals surface area (Å²) in [5.74, 6) is 1.43. The number of nitrogens with zero attached hydrogens (tertiary/aromatic N) is 2. The third-order valence-electron chi connectivity index (χ3n) is 3.01. The Labute approximate surface area is 141 Å². The number of ether oxygens (including phenoxy) is 1. The zero-order chi connectivity index (χ0) is 15.5. The lowest BCUT2D eigenvalue weighted by atomic mass is 10.2. The molecular formula is C16H12BrClN2O2. The molecule has 3 aromatic rings. The Hall–Kier alpha value is -1.85. The Morgan fingerprint density at radius 3 is 2.64 bits per heavy atom. The van der Waals surface area contributed by atoms with Gasteiger partial charge >= 0.3 is 0 Å². The SMILES string of the molecule is C[C@@H](Oc1ccc(Br)cc1Cl)c1nnc(-c2ccccc2)o1. The maximum atomic E-state index is 6.14. The summed E-state index contributed by atoms with van der Waals surface area (Å²) in [7, 11) is 0. The van der Waals surface area contributed by atoms with Crippen LogP contribution in [0.15, 0.2) is 57.4 Å². The number of hydrogen-bond acceptors (Lipinski definition) is 4. The molecule has 0 aliphatic heterocycles. The second-order valence-electron chi connectivity index (χ2n) is 4.65. The summed E-state index contributed by atoms with van der Waals surface area (Å²) in [6.07, 6.45) is -0.399. The molecule has 0 bridgehead atoms. The highest BCUT2D eigenvalue weighted by molar-refractivity contribution is 9.10. The standard InChI is InChI=1S/C16H12BrClN2O2/c1-10(21-14-8-7-12(17)9-13(14)18)15-19-20-16(22-15)11-5-3-2-4-6-11/h2-10H,1H3/t10-/m1/s1. The predicted octanol–water partition coefficient (Wildman–Crippen LogP) is 5.29. The van der Waals surface area contributed by atoms with Crippen molar-refractivity contribution in [2.75, 3.05) is 0 Å². The minimum absolute atomic E-state index is 0.399. The van der Waals surface area contributed by atoms with Crippen LogP contribution in [-0.2, 0) is 0 Å². The van der Waals surface area contributed by atoms with Crippen LogP contribution in [0.3, 0.4) is 0 Å². The van der Waals surface area contributed by atoms with E-state index in [1.807, 2.05) is 43.3 Å². The Morgan fingerprint density at radius 2 is 1.91 bits per heavy atom. The van der Waals surface area contributed by atoms with Crippen LogP contribution in [-0.4, -0.2) is 10.2 Å². The van der Waals surface area contributed by atoms with Gasteiger partial charge in [-0.3, -0.25) is 0 Å². The van der Waals surface area contributed by atoms with Gasteiger partial charge in [-0.2, -0.15) is 0 Å². The molecule has 0 saturated carbocycles. The van der Waals surface area contributed by atoms with Gasteiger partial charge in [-0.25, -0.2) is 0 Å². The number of aromatic nitrogens is 2. The van der Waals surface area contributed by atoms with E-state index in [2.05, 4.69) is 26.1 Å². The summed E-state index contributed by atoms with van der Waals surface area (Å²) in [6, 6.07) is 15.0. The van der Waals surface area contributed by atoms with E-state index in [1.54, 1.807) is 12.1 Å². The molecule has 0 aliphatic rings. The van der Waals surface area contributed by atoms with Crippen molar-refractivity contribution < 1.29 is 9.15 Å². The summed E-state index contributed by atoms with van der Waals surface area (Å²) < 4.78 is 12.3. The Kier molecular flexibility index (Phi) is 4.45. The highest BCUT2D eigenvalue weighted by Gasteiger charge is 2.17. The van der Waals surface area contributed by atoms with E-state index in [1.165, 1.54) is 0 Å². The number of hydrogen-bond donors (Lipinski definition) is 0. The molecule has 3 rings (SSSR count). The quantitative estimate of drug-likeness (QED) is 0.618. The maximum Gasteiger partial charge on any atom is 0.257 e. The molecule has 1 atom stereocenters. The zero-order valence-corrected chi connectivity index (χ0v) is 14.0. The molecule has 0 fully saturated rings. The largest absolute Gasteiger partial charge is 0.479 e. The molecule has 0 saturated heterocycles. The van der Waals surface area contributed by atoms with Crippen LogP contribution in [0.2, 0.25) is 5.02 Å². The van der Waals surface area contributed by atoms with E-state index in [-0.39, 0.29) is 0 Å². The second kappa shape index (κ2) is 6.50. The smallest absolute Gasteiger partial charge is 0.257 e.